The normalized spacial score (nSPS) is 8.71. The van der Waals surface area contributed by atoms with Gasteiger partial charge in [0.15, 0.2) is 0 Å². The first-order chi connectivity index (χ1) is 3.43. The van der Waals surface area contributed by atoms with Gasteiger partial charge in [-0.25, -0.2) is 10.8 Å². The second-order valence-electron chi connectivity index (χ2n) is 0.899. The molecule has 0 amide bonds. The minimum absolute atomic E-state index is 0.477. The van der Waals surface area contributed by atoms with Crippen molar-refractivity contribution in [1.82, 2.24) is 9.36 Å². The highest BCUT2D eigenvalue weighted by Gasteiger charge is 1.85. The number of aromatic nitrogens is 2. The summed E-state index contributed by atoms with van der Waals surface area (Å²) in [7, 11) is 0. The molecule has 0 atom stereocenters. The maximum atomic E-state index is 4.93. The lowest BCUT2D eigenvalue weighted by molar-refractivity contribution is 1.21. The fourth-order valence-electron chi connectivity index (χ4n) is 0.234. The molecule has 0 radical (unpaired) electrons. The molecule has 0 unspecified atom stereocenters. The smallest absolute Gasteiger partial charge is 0.248 e. The summed E-state index contributed by atoms with van der Waals surface area (Å²) >= 11 is 1.26. The van der Waals surface area contributed by atoms with Crippen molar-refractivity contribution >= 4 is 17.5 Å². The van der Waals surface area contributed by atoms with Crippen LogP contribution in [0.5, 0.6) is 0 Å². The third-order valence-electron chi connectivity index (χ3n) is 0.490. The van der Waals surface area contributed by atoms with E-state index in [0.717, 1.165) is 0 Å². The van der Waals surface area contributed by atoms with Crippen molar-refractivity contribution in [3.63, 3.8) is 0 Å². The predicted molar refractivity (Wildman–Crippen MR) is 27.7 cm³/mol. The molecule has 1 rings (SSSR count). The average molecular weight is 116 g/mol. The standard InChI is InChI=1S/C2H4N4S/c3-5-2-4-1-7-6-2/h1H,3H2,(H,5,6). The highest BCUT2D eigenvalue weighted by Crippen LogP contribution is 1.94. The number of nitrogen functional groups attached to an aromatic ring is 1. The highest BCUT2D eigenvalue weighted by molar-refractivity contribution is 7.03. The first-order valence-electron chi connectivity index (χ1n) is 1.66. The number of nitrogens with zero attached hydrogens (tertiary/aromatic N) is 2. The number of nitrogens with one attached hydrogen (secondary N) is 1. The molecule has 0 fully saturated rings. The summed E-state index contributed by atoms with van der Waals surface area (Å²) in [5.41, 5.74) is 3.90. The lowest BCUT2D eigenvalue weighted by Crippen LogP contribution is -2.07. The molecule has 5 heteroatoms. The highest BCUT2D eigenvalue weighted by atomic mass is 32.1. The van der Waals surface area contributed by atoms with Crippen LogP contribution in [-0.2, 0) is 0 Å². The molecule has 3 N–H and O–H groups in total. The Hall–Kier alpha value is -0.680. The molecule has 1 aromatic heterocycles. The van der Waals surface area contributed by atoms with Crippen LogP contribution in [0.4, 0.5) is 5.95 Å². The SMILES string of the molecule is NNc1ncsn1. The van der Waals surface area contributed by atoms with Crippen molar-refractivity contribution in [3.8, 4) is 0 Å². The molecule has 0 bridgehead atoms. The molecule has 1 heterocycles. The molecule has 0 saturated carbocycles. The van der Waals surface area contributed by atoms with E-state index in [1.165, 1.54) is 11.5 Å². The molecule has 1 aromatic rings. The Morgan fingerprint density at radius 3 is 3.00 bits per heavy atom. The summed E-state index contributed by atoms with van der Waals surface area (Å²) in [6.07, 6.45) is 0. The Kier molecular flexibility index (Phi) is 1.19. The molecule has 38 valence electrons. The summed E-state index contributed by atoms with van der Waals surface area (Å²) in [5.74, 6) is 5.40. The molecule has 0 spiro atoms. The lowest BCUT2D eigenvalue weighted by Gasteiger charge is -1.82. The quantitative estimate of drug-likeness (QED) is 0.395. The van der Waals surface area contributed by atoms with Crippen LogP contribution in [0.15, 0.2) is 5.51 Å². The number of rotatable bonds is 1. The van der Waals surface area contributed by atoms with Crippen LogP contribution in [0.2, 0.25) is 0 Å². The molecule has 0 aliphatic rings. The minimum Gasteiger partial charge on any atom is -0.292 e. The van der Waals surface area contributed by atoms with E-state index in [1.807, 2.05) is 0 Å². The number of hydrogen-bond donors (Lipinski definition) is 2. The van der Waals surface area contributed by atoms with Crippen LogP contribution in [0.1, 0.15) is 0 Å². The van der Waals surface area contributed by atoms with E-state index in [-0.39, 0.29) is 0 Å². The van der Waals surface area contributed by atoms with Gasteiger partial charge in [-0.1, -0.05) is 0 Å². The first-order valence-corrected chi connectivity index (χ1v) is 2.50. The van der Waals surface area contributed by atoms with Gasteiger partial charge in [0.2, 0.25) is 5.95 Å². The van der Waals surface area contributed by atoms with Crippen molar-refractivity contribution in [1.29, 1.82) is 0 Å². The second kappa shape index (κ2) is 1.85. The van der Waals surface area contributed by atoms with Gasteiger partial charge in [0.05, 0.1) is 0 Å². The molecule has 0 aliphatic carbocycles. The van der Waals surface area contributed by atoms with E-state index < -0.39 is 0 Å². The second-order valence-corrected chi connectivity index (χ2v) is 1.50. The van der Waals surface area contributed by atoms with Gasteiger partial charge in [0.1, 0.15) is 5.51 Å². The van der Waals surface area contributed by atoms with Crippen molar-refractivity contribution < 1.29 is 0 Å². The molecule has 7 heavy (non-hydrogen) atoms. The van der Waals surface area contributed by atoms with Gasteiger partial charge in [-0.3, -0.25) is 5.43 Å². The fraction of sp³-hybridized carbons (Fsp3) is 0. The van der Waals surface area contributed by atoms with Crippen LogP contribution in [0.3, 0.4) is 0 Å². The van der Waals surface area contributed by atoms with Crippen molar-refractivity contribution in [2.24, 2.45) is 5.84 Å². The average Bonchev–Trinajstić information content (AvgIpc) is 2.14. The monoisotopic (exact) mass is 116 g/mol. The van der Waals surface area contributed by atoms with E-state index in [0.29, 0.717) is 5.95 Å². The van der Waals surface area contributed by atoms with E-state index in [2.05, 4.69) is 14.8 Å². The maximum absolute atomic E-state index is 4.93. The summed E-state index contributed by atoms with van der Waals surface area (Å²) in [6, 6.07) is 0. The Balaban J connectivity index is 2.76. The van der Waals surface area contributed by atoms with Gasteiger partial charge >= 0.3 is 0 Å². The summed E-state index contributed by atoms with van der Waals surface area (Å²) in [5, 5.41) is 0. The van der Waals surface area contributed by atoms with Gasteiger partial charge in [0, 0.05) is 0 Å². The zero-order valence-corrected chi connectivity index (χ0v) is 4.27. The topological polar surface area (TPSA) is 63.8 Å². The minimum atomic E-state index is 0.477. The first kappa shape index (κ1) is 4.48. The number of hydrogen-bond acceptors (Lipinski definition) is 5. The number of nitrogens with two attached hydrogens (primary N) is 1. The Labute approximate surface area is 44.5 Å². The van der Waals surface area contributed by atoms with E-state index in [9.17, 15) is 0 Å². The van der Waals surface area contributed by atoms with Crippen LogP contribution < -0.4 is 11.3 Å². The molecule has 4 nitrogen and oxygen atoms in total. The molecule has 0 aromatic carbocycles. The van der Waals surface area contributed by atoms with Gasteiger partial charge in [-0.15, -0.1) is 0 Å². The number of anilines is 1. The van der Waals surface area contributed by atoms with Crippen molar-refractivity contribution in [3.05, 3.63) is 5.51 Å². The van der Waals surface area contributed by atoms with Crippen LogP contribution in [0.25, 0.3) is 0 Å². The number of hydrazine groups is 1. The van der Waals surface area contributed by atoms with Crippen LogP contribution in [-0.4, -0.2) is 9.36 Å². The summed E-state index contributed by atoms with van der Waals surface area (Å²) in [6.45, 7) is 0. The van der Waals surface area contributed by atoms with Gasteiger partial charge < -0.3 is 0 Å². The van der Waals surface area contributed by atoms with Crippen molar-refractivity contribution in [2.75, 3.05) is 5.43 Å². The fourth-order valence-corrected chi connectivity index (χ4v) is 0.628. The molecule has 0 aliphatic heterocycles. The third-order valence-corrected chi connectivity index (χ3v) is 0.968. The largest absolute Gasteiger partial charge is 0.292 e. The zero-order valence-electron chi connectivity index (χ0n) is 3.46. The maximum Gasteiger partial charge on any atom is 0.248 e. The Morgan fingerprint density at radius 1 is 1.86 bits per heavy atom. The molecular weight excluding hydrogens is 112 g/mol. The van der Waals surface area contributed by atoms with Gasteiger partial charge in [0.25, 0.3) is 0 Å². The summed E-state index contributed by atoms with van der Waals surface area (Å²) < 4.78 is 3.73. The third kappa shape index (κ3) is 0.847. The Bertz CT molecular complexity index is 124. The Morgan fingerprint density at radius 2 is 2.71 bits per heavy atom. The van der Waals surface area contributed by atoms with Crippen molar-refractivity contribution in [2.45, 2.75) is 0 Å². The molecular formula is C2H4N4S. The van der Waals surface area contributed by atoms with Crippen LogP contribution in [0, 0.1) is 0 Å². The van der Waals surface area contributed by atoms with Gasteiger partial charge in [-0.05, 0) is 11.5 Å². The van der Waals surface area contributed by atoms with E-state index in [4.69, 9.17) is 5.84 Å². The predicted octanol–water partition coefficient (Wildman–Crippen LogP) is -0.176. The molecule has 0 saturated heterocycles. The van der Waals surface area contributed by atoms with E-state index in [1.54, 1.807) is 5.51 Å². The van der Waals surface area contributed by atoms with Gasteiger partial charge in [-0.2, -0.15) is 4.37 Å². The zero-order chi connectivity index (χ0) is 5.11. The lowest BCUT2D eigenvalue weighted by atomic mass is 11.1. The van der Waals surface area contributed by atoms with Crippen LogP contribution >= 0.6 is 11.5 Å². The van der Waals surface area contributed by atoms with E-state index >= 15 is 0 Å². The summed E-state index contributed by atoms with van der Waals surface area (Å²) in [4.78, 5) is 3.71.